The third-order valence-electron chi connectivity index (χ3n) is 3.38. The third kappa shape index (κ3) is 4.46. The van der Waals surface area contributed by atoms with Crippen molar-refractivity contribution in [3.8, 4) is 11.5 Å². The molecule has 1 heterocycles. The lowest BCUT2D eigenvalue weighted by molar-refractivity contribution is -0.385. The molecular formula is C18H11F2NO6. The molecule has 0 spiro atoms. The number of esters is 1. The predicted octanol–water partition coefficient (Wildman–Crippen LogP) is 4.26. The zero-order valence-corrected chi connectivity index (χ0v) is 13.6. The number of hydrogen-bond donors (Lipinski definition) is 0. The fraction of sp³-hybridized carbons (Fsp3) is 0.0556. The topological polar surface area (TPSA) is 91.8 Å². The highest BCUT2D eigenvalue weighted by molar-refractivity contribution is 5.88. The molecular weight excluding hydrogens is 364 g/mol. The van der Waals surface area contributed by atoms with Crippen molar-refractivity contribution in [2.24, 2.45) is 0 Å². The summed E-state index contributed by atoms with van der Waals surface area (Å²) in [5.74, 6) is -2.35. The minimum Gasteiger partial charge on any atom is -0.486 e. The normalized spacial score (nSPS) is 10.4. The molecule has 27 heavy (non-hydrogen) atoms. The number of nitrogens with zero attached hydrogens (tertiary/aromatic N) is 1. The van der Waals surface area contributed by atoms with Crippen LogP contribution in [0.1, 0.15) is 16.3 Å². The van der Waals surface area contributed by atoms with E-state index >= 15 is 0 Å². The number of ether oxygens (including phenoxy) is 2. The van der Waals surface area contributed by atoms with Gasteiger partial charge in [-0.3, -0.25) is 10.1 Å². The first-order chi connectivity index (χ1) is 12.9. The van der Waals surface area contributed by atoms with Gasteiger partial charge in [-0.25, -0.2) is 13.6 Å². The second-order valence-corrected chi connectivity index (χ2v) is 5.27. The molecule has 0 unspecified atom stereocenters. The van der Waals surface area contributed by atoms with Gasteiger partial charge in [0.15, 0.2) is 0 Å². The van der Waals surface area contributed by atoms with Crippen LogP contribution in [-0.4, -0.2) is 10.9 Å². The summed E-state index contributed by atoms with van der Waals surface area (Å²) in [6.45, 7) is -0.0426. The monoisotopic (exact) mass is 375 g/mol. The van der Waals surface area contributed by atoms with Gasteiger partial charge in [-0.05, 0) is 42.5 Å². The van der Waals surface area contributed by atoms with Crippen molar-refractivity contribution < 1.29 is 32.4 Å². The average Bonchev–Trinajstić information content (AvgIpc) is 3.10. The van der Waals surface area contributed by atoms with E-state index in [1.165, 1.54) is 36.4 Å². The Balaban J connectivity index is 1.67. The van der Waals surface area contributed by atoms with Crippen LogP contribution < -0.4 is 9.47 Å². The molecule has 7 nitrogen and oxygen atoms in total. The van der Waals surface area contributed by atoms with Crippen molar-refractivity contribution >= 4 is 11.7 Å². The molecule has 0 N–H and O–H groups in total. The lowest BCUT2D eigenvalue weighted by Gasteiger charge is -2.04. The van der Waals surface area contributed by atoms with Crippen LogP contribution >= 0.6 is 0 Å². The molecule has 1 aromatic heterocycles. The molecule has 9 heteroatoms. The van der Waals surface area contributed by atoms with Gasteiger partial charge in [0.25, 0.3) is 0 Å². The standard InChI is InChI=1S/C18H11F2NO6/c19-11-1-4-13(5-2-11)25-10-14-6-8-16(26-14)18(22)27-17-9-12(20)3-7-15(17)21(23)24/h1-9H,10H2. The van der Waals surface area contributed by atoms with E-state index in [1.807, 2.05) is 0 Å². The van der Waals surface area contributed by atoms with Gasteiger partial charge in [0.2, 0.25) is 11.5 Å². The average molecular weight is 375 g/mol. The molecule has 2 aromatic carbocycles. The van der Waals surface area contributed by atoms with Crippen LogP contribution in [0.15, 0.2) is 59.0 Å². The van der Waals surface area contributed by atoms with Crippen LogP contribution in [0, 0.1) is 21.7 Å². The maximum atomic E-state index is 13.3. The number of carbonyl (C=O) groups excluding carboxylic acids is 1. The molecule has 138 valence electrons. The van der Waals surface area contributed by atoms with Crippen LogP contribution in [0.2, 0.25) is 0 Å². The van der Waals surface area contributed by atoms with Crippen molar-refractivity contribution in [2.45, 2.75) is 6.61 Å². The van der Waals surface area contributed by atoms with Gasteiger partial charge in [0.1, 0.15) is 29.8 Å². The number of nitro benzene ring substituents is 1. The van der Waals surface area contributed by atoms with Crippen LogP contribution in [-0.2, 0) is 6.61 Å². The summed E-state index contributed by atoms with van der Waals surface area (Å²) in [4.78, 5) is 22.2. The van der Waals surface area contributed by atoms with Crippen LogP contribution in [0.25, 0.3) is 0 Å². The number of hydrogen-bond acceptors (Lipinski definition) is 6. The Hall–Kier alpha value is -3.75. The van der Waals surface area contributed by atoms with Crippen LogP contribution in [0.5, 0.6) is 11.5 Å². The molecule has 0 radical (unpaired) electrons. The zero-order chi connectivity index (χ0) is 19.4. The van der Waals surface area contributed by atoms with E-state index in [0.29, 0.717) is 5.75 Å². The molecule has 0 bridgehead atoms. The highest BCUT2D eigenvalue weighted by Crippen LogP contribution is 2.28. The van der Waals surface area contributed by atoms with Gasteiger partial charge >= 0.3 is 11.7 Å². The van der Waals surface area contributed by atoms with E-state index < -0.39 is 34.0 Å². The van der Waals surface area contributed by atoms with E-state index in [1.54, 1.807) is 0 Å². The van der Waals surface area contributed by atoms with Crippen molar-refractivity contribution in [3.05, 3.63) is 87.9 Å². The summed E-state index contributed by atoms with van der Waals surface area (Å²) in [5, 5.41) is 10.9. The third-order valence-corrected chi connectivity index (χ3v) is 3.38. The summed E-state index contributed by atoms with van der Waals surface area (Å²) in [5.41, 5.74) is -0.559. The van der Waals surface area contributed by atoms with E-state index in [-0.39, 0.29) is 18.1 Å². The summed E-state index contributed by atoms with van der Waals surface area (Å²) < 4.78 is 41.6. The molecule has 0 amide bonds. The predicted molar refractivity (Wildman–Crippen MR) is 87.5 cm³/mol. The minimum absolute atomic E-state index is 0.0426. The highest BCUT2D eigenvalue weighted by atomic mass is 19.1. The van der Waals surface area contributed by atoms with Crippen molar-refractivity contribution in [1.82, 2.24) is 0 Å². The van der Waals surface area contributed by atoms with E-state index in [0.717, 1.165) is 18.2 Å². The van der Waals surface area contributed by atoms with Crippen molar-refractivity contribution in [2.75, 3.05) is 0 Å². The van der Waals surface area contributed by atoms with E-state index in [9.17, 15) is 23.7 Å². The molecule has 0 saturated carbocycles. The molecule has 0 aliphatic rings. The smallest absolute Gasteiger partial charge is 0.379 e. The lowest BCUT2D eigenvalue weighted by Crippen LogP contribution is -2.09. The molecule has 3 aromatic rings. The van der Waals surface area contributed by atoms with Crippen molar-refractivity contribution in [3.63, 3.8) is 0 Å². The zero-order valence-electron chi connectivity index (χ0n) is 13.6. The first-order valence-electron chi connectivity index (χ1n) is 7.55. The quantitative estimate of drug-likeness (QED) is 0.277. The van der Waals surface area contributed by atoms with Gasteiger partial charge in [0.05, 0.1) is 4.92 Å². The lowest BCUT2D eigenvalue weighted by atomic mass is 10.3. The Morgan fingerprint density at radius 1 is 1.04 bits per heavy atom. The maximum Gasteiger partial charge on any atom is 0.379 e. The number of carbonyl (C=O) groups is 1. The minimum atomic E-state index is -1.03. The Morgan fingerprint density at radius 2 is 1.74 bits per heavy atom. The first kappa shape index (κ1) is 18.1. The van der Waals surface area contributed by atoms with Gasteiger partial charge in [-0.15, -0.1) is 0 Å². The van der Waals surface area contributed by atoms with Crippen LogP contribution in [0.3, 0.4) is 0 Å². The molecule has 0 aliphatic carbocycles. The first-order valence-corrected chi connectivity index (χ1v) is 7.55. The van der Waals surface area contributed by atoms with Gasteiger partial charge in [0, 0.05) is 12.1 Å². The fourth-order valence-corrected chi connectivity index (χ4v) is 2.12. The van der Waals surface area contributed by atoms with Gasteiger partial charge in [-0.1, -0.05) is 0 Å². The molecule has 0 saturated heterocycles. The highest BCUT2D eigenvalue weighted by Gasteiger charge is 2.21. The number of benzene rings is 2. The molecule has 0 fully saturated rings. The summed E-state index contributed by atoms with van der Waals surface area (Å²) in [6.07, 6.45) is 0. The van der Waals surface area contributed by atoms with Gasteiger partial charge in [-0.2, -0.15) is 0 Å². The molecule has 0 atom stereocenters. The molecule has 3 rings (SSSR count). The summed E-state index contributed by atoms with van der Waals surface area (Å²) >= 11 is 0. The Bertz CT molecular complexity index is 984. The second-order valence-electron chi connectivity index (χ2n) is 5.27. The Kier molecular flexibility index (Phi) is 5.11. The summed E-state index contributed by atoms with van der Waals surface area (Å²) in [7, 11) is 0. The fourth-order valence-electron chi connectivity index (χ4n) is 2.12. The number of rotatable bonds is 6. The van der Waals surface area contributed by atoms with Gasteiger partial charge < -0.3 is 13.9 Å². The number of furan rings is 1. The number of nitro groups is 1. The van der Waals surface area contributed by atoms with Crippen molar-refractivity contribution in [1.29, 1.82) is 0 Å². The SMILES string of the molecule is O=C(Oc1cc(F)ccc1[N+](=O)[O-])c1ccc(COc2ccc(F)cc2)o1. The Morgan fingerprint density at radius 3 is 2.44 bits per heavy atom. The Labute approximate surface area is 150 Å². The maximum absolute atomic E-state index is 13.3. The summed E-state index contributed by atoms with van der Waals surface area (Å²) in [6, 6.07) is 10.6. The largest absolute Gasteiger partial charge is 0.486 e. The van der Waals surface area contributed by atoms with Crippen LogP contribution in [0.4, 0.5) is 14.5 Å². The van der Waals surface area contributed by atoms with E-state index in [4.69, 9.17) is 13.9 Å². The molecule has 0 aliphatic heterocycles. The second kappa shape index (κ2) is 7.65. The van der Waals surface area contributed by atoms with E-state index in [2.05, 4.69) is 0 Å². The number of halogens is 2.